The minimum Gasteiger partial charge on any atom is -0.308 e. The number of nitrogens with two attached hydrogens (primary N) is 1. The molecule has 0 atom stereocenters. The summed E-state index contributed by atoms with van der Waals surface area (Å²) in [4.78, 5) is 4.40. The molecule has 0 unspecified atom stereocenters. The van der Waals surface area contributed by atoms with E-state index in [1.165, 1.54) is 11.1 Å². The van der Waals surface area contributed by atoms with E-state index in [0.717, 1.165) is 10.9 Å². The second-order valence-electron chi connectivity index (χ2n) is 3.49. The highest BCUT2D eigenvalue weighted by Crippen LogP contribution is 2.20. The first-order chi connectivity index (χ1) is 6.70. The Labute approximate surface area is 82.9 Å². The summed E-state index contributed by atoms with van der Waals surface area (Å²) in [6, 6.07) is 8.14. The van der Waals surface area contributed by atoms with E-state index < -0.39 is 0 Å². The van der Waals surface area contributed by atoms with Crippen molar-refractivity contribution in [3.8, 4) is 0 Å². The van der Waals surface area contributed by atoms with Crippen molar-refractivity contribution in [1.29, 1.82) is 0 Å². The molecule has 0 radical (unpaired) electrons. The van der Waals surface area contributed by atoms with Crippen molar-refractivity contribution in [2.24, 2.45) is 5.84 Å². The summed E-state index contributed by atoms with van der Waals surface area (Å²) in [7, 11) is 0. The maximum Gasteiger partial charge on any atom is 0.140 e. The number of nitrogens with zero attached hydrogens (tertiary/aromatic N) is 1. The Kier molecular flexibility index (Phi) is 2.09. The van der Waals surface area contributed by atoms with E-state index in [1.807, 2.05) is 12.1 Å². The molecule has 1 aromatic carbocycles. The van der Waals surface area contributed by atoms with Gasteiger partial charge in [-0.15, -0.1) is 0 Å². The number of pyridine rings is 1. The molecule has 3 N–H and O–H groups in total. The summed E-state index contributed by atoms with van der Waals surface area (Å²) < 4.78 is 0. The van der Waals surface area contributed by atoms with Gasteiger partial charge in [0.1, 0.15) is 5.82 Å². The lowest BCUT2D eigenvalue weighted by Crippen LogP contribution is -2.08. The average Bonchev–Trinajstić information content (AvgIpc) is 2.17. The fraction of sp³-hybridized carbons (Fsp3) is 0.182. The number of anilines is 1. The molecule has 0 saturated carbocycles. The predicted octanol–water partition coefficient (Wildman–Crippen LogP) is 2.14. The third-order valence-electron chi connectivity index (χ3n) is 2.28. The molecule has 0 fully saturated rings. The minimum absolute atomic E-state index is 0.699. The van der Waals surface area contributed by atoms with Gasteiger partial charge in [-0.2, -0.15) is 0 Å². The van der Waals surface area contributed by atoms with Crippen molar-refractivity contribution in [3.05, 3.63) is 35.4 Å². The normalized spacial score (nSPS) is 10.5. The van der Waals surface area contributed by atoms with Crippen LogP contribution in [0.1, 0.15) is 11.1 Å². The van der Waals surface area contributed by atoms with Crippen molar-refractivity contribution in [2.45, 2.75) is 13.8 Å². The second kappa shape index (κ2) is 3.27. The molecule has 0 bridgehead atoms. The van der Waals surface area contributed by atoms with Crippen LogP contribution in [0.4, 0.5) is 5.82 Å². The van der Waals surface area contributed by atoms with E-state index in [1.54, 1.807) is 0 Å². The number of benzene rings is 1. The van der Waals surface area contributed by atoms with Crippen molar-refractivity contribution < 1.29 is 0 Å². The van der Waals surface area contributed by atoms with E-state index >= 15 is 0 Å². The largest absolute Gasteiger partial charge is 0.308 e. The lowest BCUT2D eigenvalue weighted by molar-refractivity contribution is 1.25. The van der Waals surface area contributed by atoms with Gasteiger partial charge >= 0.3 is 0 Å². The van der Waals surface area contributed by atoms with Gasteiger partial charge in [0.25, 0.3) is 0 Å². The number of hydrogen-bond acceptors (Lipinski definition) is 3. The van der Waals surface area contributed by atoms with Gasteiger partial charge in [-0.3, -0.25) is 0 Å². The summed E-state index contributed by atoms with van der Waals surface area (Å²) in [5.41, 5.74) is 5.99. The molecule has 3 heteroatoms. The van der Waals surface area contributed by atoms with Crippen LogP contribution < -0.4 is 11.3 Å². The Hall–Kier alpha value is -1.61. The van der Waals surface area contributed by atoms with Crippen molar-refractivity contribution in [1.82, 2.24) is 4.98 Å². The molecule has 0 aliphatic heterocycles. The van der Waals surface area contributed by atoms with Gasteiger partial charge < -0.3 is 5.43 Å². The van der Waals surface area contributed by atoms with Crippen molar-refractivity contribution in [2.75, 3.05) is 5.43 Å². The van der Waals surface area contributed by atoms with Gasteiger partial charge in [-0.05, 0) is 37.6 Å². The fourth-order valence-electron chi connectivity index (χ4n) is 1.68. The van der Waals surface area contributed by atoms with Crippen LogP contribution in [0.3, 0.4) is 0 Å². The summed E-state index contributed by atoms with van der Waals surface area (Å²) in [6.07, 6.45) is 0. The molecule has 0 saturated heterocycles. The van der Waals surface area contributed by atoms with Crippen molar-refractivity contribution >= 4 is 16.7 Å². The number of nitrogen functional groups attached to an aromatic ring is 1. The van der Waals surface area contributed by atoms with Gasteiger partial charge in [0.05, 0.1) is 5.52 Å². The van der Waals surface area contributed by atoms with Crippen LogP contribution in [-0.2, 0) is 0 Å². The Morgan fingerprint density at radius 3 is 2.71 bits per heavy atom. The molecule has 0 amide bonds. The highest BCUT2D eigenvalue weighted by atomic mass is 15.2. The molecule has 72 valence electrons. The number of fused-ring (bicyclic) bond motifs is 1. The smallest absolute Gasteiger partial charge is 0.140 e. The molecule has 1 aromatic heterocycles. The Bertz CT molecular complexity index is 477. The van der Waals surface area contributed by atoms with Gasteiger partial charge in [0.2, 0.25) is 0 Å². The van der Waals surface area contributed by atoms with Gasteiger partial charge in [0.15, 0.2) is 0 Å². The zero-order chi connectivity index (χ0) is 10.1. The molecule has 0 aliphatic carbocycles. The van der Waals surface area contributed by atoms with Crippen LogP contribution in [0.15, 0.2) is 24.3 Å². The first-order valence-electron chi connectivity index (χ1n) is 4.55. The number of nitrogens with one attached hydrogen (secondary N) is 1. The third kappa shape index (κ3) is 1.42. The molecule has 2 rings (SSSR count). The number of aromatic nitrogens is 1. The molecular formula is C11H13N3. The zero-order valence-corrected chi connectivity index (χ0v) is 8.33. The van der Waals surface area contributed by atoms with Crippen molar-refractivity contribution in [3.63, 3.8) is 0 Å². The maximum absolute atomic E-state index is 5.31. The van der Waals surface area contributed by atoms with Crippen LogP contribution in [-0.4, -0.2) is 4.98 Å². The van der Waals surface area contributed by atoms with E-state index in [9.17, 15) is 0 Å². The number of hydrogen-bond donors (Lipinski definition) is 2. The van der Waals surface area contributed by atoms with E-state index in [0.29, 0.717) is 5.82 Å². The standard InChI is InChI=1S/C11H13N3/c1-7-5-8(2)11-9(6-7)3-4-10(13-11)14-12/h3-6H,12H2,1-2H3,(H,13,14). The molecule has 2 aromatic rings. The monoisotopic (exact) mass is 187 g/mol. The summed E-state index contributed by atoms with van der Waals surface area (Å²) >= 11 is 0. The van der Waals surface area contributed by atoms with Gasteiger partial charge in [-0.25, -0.2) is 10.8 Å². The second-order valence-corrected chi connectivity index (χ2v) is 3.49. The average molecular weight is 187 g/mol. The number of aryl methyl sites for hydroxylation is 2. The van der Waals surface area contributed by atoms with E-state index in [-0.39, 0.29) is 0 Å². The van der Waals surface area contributed by atoms with Crippen LogP contribution in [0, 0.1) is 13.8 Å². The summed E-state index contributed by atoms with van der Waals surface area (Å²) in [5.74, 6) is 6.01. The molecular weight excluding hydrogens is 174 g/mol. The van der Waals surface area contributed by atoms with Gasteiger partial charge in [0, 0.05) is 5.39 Å². The molecule has 0 spiro atoms. The maximum atomic E-state index is 5.31. The number of rotatable bonds is 1. The van der Waals surface area contributed by atoms with E-state index in [2.05, 4.69) is 36.4 Å². The highest BCUT2D eigenvalue weighted by Gasteiger charge is 2.01. The predicted molar refractivity (Wildman–Crippen MR) is 59.0 cm³/mol. The fourth-order valence-corrected chi connectivity index (χ4v) is 1.68. The summed E-state index contributed by atoms with van der Waals surface area (Å²) in [6.45, 7) is 4.14. The number of hydrazine groups is 1. The van der Waals surface area contributed by atoms with Crippen LogP contribution >= 0.6 is 0 Å². The first-order valence-corrected chi connectivity index (χ1v) is 4.55. The summed E-state index contributed by atoms with van der Waals surface area (Å²) in [5, 5.41) is 1.15. The van der Waals surface area contributed by atoms with Crippen LogP contribution in [0.2, 0.25) is 0 Å². The zero-order valence-electron chi connectivity index (χ0n) is 8.33. The highest BCUT2D eigenvalue weighted by molar-refractivity contribution is 5.83. The molecule has 14 heavy (non-hydrogen) atoms. The molecule has 0 aliphatic rings. The first kappa shape index (κ1) is 8.97. The van der Waals surface area contributed by atoms with Crippen LogP contribution in [0.25, 0.3) is 10.9 Å². The Morgan fingerprint density at radius 2 is 2.00 bits per heavy atom. The lowest BCUT2D eigenvalue weighted by atomic mass is 10.1. The Morgan fingerprint density at radius 1 is 1.21 bits per heavy atom. The van der Waals surface area contributed by atoms with E-state index in [4.69, 9.17) is 5.84 Å². The van der Waals surface area contributed by atoms with Crippen LogP contribution in [0.5, 0.6) is 0 Å². The third-order valence-corrected chi connectivity index (χ3v) is 2.28. The SMILES string of the molecule is Cc1cc(C)c2nc(NN)ccc2c1. The molecule has 3 nitrogen and oxygen atoms in total. The van der Waals surface area contributed by atoms with Gasteiger partial charge in [-0.1, -0.05) is 11.6 Å². The quantitative estimate of drug-likeness (QED) is 0.531. The lowest BCUT2D eigenvalue weighted by Gasteiger charge is -2.05. The minimum atomic E-state index is 0.699. The molecule has 1 heterocycles. The Balaban J connectivity index is 2.75. The topological polar surface area (TPSA) is 50.9 Å².